The fourth-order valence-corrected chi connectivity index (χ4v) is 2.52. The van der Waals surface area contributed by atoms with E-state index in [-0.39, 0.29) is 6.04 Å². The molecule has 68 valence electrons. The van der Waals surface area contributed by atoms with Crippen LogP contribution in [0.5, 0.6) is 0 Å². The van der Waals surface area contributed by atoms with Gasteiger partial charge in [0, 0.05) is 6.04 Å². The van der Waals surface area contributed by atoms with E-state index in [1.807, 2.05) is 0 Å². The van der Waals surface area contributed by atoms with Crippen molar-refractivity contribution in [3.8, 4) is 0 Å². The maximum absolute atomic E-state index is 10.7. The smallest absolute Gasteiger partial charge is 0.320 e. The van der Waals surface area contributed by atoms with Crippen LogP contribution in [0.2, 0.25) is 0 Å². The van der Waals surface area contributed by atoms with Crippen LogP contribution in [-0.2, 0) is 4.79 Å². The highest BCUT2D eigenvalue weighted by Gasteiger charge is 2.35. The maximum atomic E-state index is 10.7. The number of aliphatic carboxylic acids is 1. The predicted molar refractivity (Wildman–Crippen MR) is 44.9 cm³/mol. The lowest BCUT2D eigenvalue weighted by Crippen LogP contribution is -2.48. The third-order valence-corrected chi connectivity index (χ3v) is 3.20. The van der Waals surface area contributed by atoms with Gasteiger partial charge in [-0.15, -0.1) is 0 Å². The number of rotatable bonds is 1. The first-order valence-corrected chi connectivity index (χ1v) is 4.76. The molecular weight excluding hydrogens is 154 g/mol. The van der Waals surface area contributed by atoms with Gasteiger partial charge in [0.1, 0.15) is 6.04 Å². The quantitative estimate of drug-likeness (QED) is 0.615. The summed E-state index contributed by atoms with van der Waals surface area (Å²) in [6.07, 6.45) is 5.66. The molecule has 1 saturated carbocycles. The van der Waals surface area contributed by atoms with Crippen LogP contribution in [0, 0.1) is 5.92 Å². The Morgan fingerprint density at radius 1 is 1.25 bits per heavy atom. The normalized spacial score (nSPS) is 40.8. The van der Waals surface area contributed by atoms with Crippen molar-refractivity contribution in [2.24, 2.45) is 5.92 Å². The zero-order chi connectivity index (χ0) is 8.55. The van der Waals surface area contributed by atoms with Crippen LogP contribution in [-0.4, -0.2) is 23.2 Å². The van der Waals surface area contributed by atoms with Crippen LogP contribution in [0.4, 0.5) is 0 Å². The summed E-state index contributed by atoms with van der Waals surface area (Å²) in [4.78, 5) is 10.7. The molecule has 0 aromatic rings. The second-order valence-electron chi connectivity index (χ2n) is 3.93. The van der Waals surface area contributed by atoms with Crippen LogP contribution in [0.15, 0.2) is 0 Å². The zero-order valence-electron chi connectivity index (χ0n) is 7.12. The first-order valence-electron chi connectivity index (χ1n) is 4.76. The summed E-state index contributed by atoms with van der Waals surface area (Å²) in [6.45, 7) is 0. The molecule has 0 bridgehead atoms. The van der Waals surface area contributed by atoms with Gasteiger partial charge >= 0.3 is 5.97 Å². The lowest BCUT2D eigenvalue weighted by molar-refractivity contribution is -0.140. The minimum atomic E-state index is -0.680. The summed E-state index contributed by atoms with van der Waals surface area (Å²) < 4.78 is 0. The Labute approximate surface area is 72.2 Å². The van der Waals surface area contributed by atoms with E-state index in [1.165, 1.54) is 19.3 Å². The lowest BCUT2D eigenvalue weighted by atomic mass is 9.90. The molecule has 3 nitrogen and oxygen atoms in total. The summed E-state index contributed by atoms with van der Waals surface area (Å²) in [5, 5.41) is 12.0. The molecule has 0 radical (unpaired) electrons. The van der Waals surface area contributed by atoms with E-state index in [1.54, 1.807) is 0 Å². The number of carbonyl (C=O) groups is 1. The van der Waals surface area contributed by atoms with Gasteiger partial charge in [-0.2, -0.15) is 0 Å². The number of carboxylic acids is 1. The van der Waals surface area contributed by atoms with E-state index >= 15 is 0 Å². The average Bonchev–Trinajstić information content (AvgIpc) is 2.49. The first kappa shape index (κ1) is 8.05. The number of piperidine rings is 1. The summed E-state index contributed by atoms with van der Waals surface area (Å²) >= 11 is 0. The van der Waals surface area contributed by atoms with E-state index < -0.39 is 5.97 Å². The van der Waals surface area contributed by atoms with Crippen molar-refractivity contribution in [3.05, 3.63) is 0 Å². The first-order chi connectivity index (χ1) is 5.77. The molecule has 2 aliphatic rings. The van der Waals surface area contributed by atoms with Crippen LogP contribution < -0.4 is 5.32 Å². The highest BCUT2D eigenvalue weighted by molar-refractivity contribution is 5.73. The molecule has 2 rings (SSSR count). The Morgan fingerprint density at radius 3 is 2.83 bits per heavy atom. The number of hydrogen-bond donors (Lipinski definition) is 2. The van der Waals surface area contributed by atoms with Crippen molar-refractivity contribution in [2.75, 3.05) is 0 Å². The Morgan fingerprint density at radius 2 is 2.08 bits per heavy atom. The molecule has 2 fully saturated rings. The molecule has 1 heterocycles. The molecule has 3 atom stereocenters. The van der Waals surface area contributed by atoms with Gasteiger partial charge in [0.15, 0.2) is 0 Å². The summed E-state index contributed by atoms with van der Waals surface area (Å²) in [7, 11) is 0. The SMILES string of the molecule is O=C(O)C1CCC2CCCC2N1. The Balaban J connectivity index is 1.96. The molecule has 0 aromatic heterocycles. The average molecular weight is 169 g/mol. The highest BCUT2D eigenvalue weighted by Crippen LogP contribution is 2.33. The van der Waals surface area contributed by atoms with Crippen molar-refractivity contribution in [3.63, 3.8) is 0 Å². The number of hydrogen-bond acceptors (Lipinski definition) is 2. The van der Waals surface area contributed by atoms with Crippen molar-refractivity contribution >= 4 is 5.97 Å². The minimum Gasteiger partial charge on any atom is -0.480 e. The summed E-state index contributed by atoms with van der Waals surface area (Å²) in [5.41, 5.74) is 0. The molecule has 1 aliphatic heterocycles. The molecule has 3 unspecified atom stereocenters. The Kier molecular flexibility index (Phi) is 2.05. The van der Waals surface area contributed by atoms with Crippen LogP contribution in [0.3, 0.4) is 0 Å². The van der Waals surface area contributed by atoms with Crippen LogP contribution in [0.25, 0.3) is 0 Å². The second kappa shape index (κ2) is 3.05. The summed E-state index contributed by atoms with van der Waals surface area (Å²) in [6, 6.07) is 0.226. The van der Waals surface area contributed by atoms with E-state index in [9.17, 15) is 4.79 Å². The largest absolute Gasteiger partial charge is 0.480 e. The molecular formula is C9H15NO2. The molecule has 2 N–H and O–H groups in total. The topological polar surface area (TPSA) is 49.3 Å². The zero-order valence-corrected chi connectivity index (χ0v) is 7.12. The van der Waals surface area contributed by atoms with Gasteiger partial charge in [-0.05, 0) is 31.6 Å². The molecule has 3 heteroatoms. The van der Waals surface area contributed by atoms with Gasteiger partial charge in [0.25, 0.3) is 0 Å². The maximum Gasteiger partial charge on any atom is 0.320 e. The van der Waals surface area contributed by atoms with E-state index in [0.717, 1.165) is 18.8 Å². The molecule has 0 aromatic carbocycles. The summed E-state index contributed by atoms with van der Waals surface area (Å²) in [5.74, 6) is 0.0842. The van der Waals surface area contributed by atoms with Crippen LogP contribution >= 0.6 is 0 Å². The monoisotopic (exact) mass is 169 g/mol. The van der Waals surface area contributed by atoms with Crippen LogP contribution in [0.1, 0.15) is 32.1 Å². The van der Waals surface area contributed by atoms with E-state index in [0.29, 0.717) is 6.04 Å². The lowest BCUT2D eigenvalue weighted by Gasteiger charge is -2.31. The number of carboxylic acid groups (broad SMARTS) is 1. The molecule has 1 saturated heterocycles. The van der Waals surface area contributed by atoms with Crippen molar-refractivity contribution in [1.29, 1.82) is 0 Å². The van der Waals surface area contributed by atoms with Crippen molar-refractivity contribution in [2.45, 2.75) is 44.2 Å². The molecule has 1 aliphatic carbocycles. The number of nitrogens with one attached hydrogen (secondary N) is 1. The predicted octanol–water partition coefficient (Wildman–Crippen LogP) is 0.992. The highest BCUT2D eigenvalue weighted by atomic mass is 16.4. The van der Waals surface area contributed by atoms with E-state index in [4.69, 9.17) is 5.11 Å². The Hall–Kier alpha value is -0.570. The minimum absolute atomic E-state index is 0.274. The van der Waals surface area contributed by atoms with Gasteiger partial charge < -0.3 is 10.4 Å². The molecule has 0 spiro atoms. The third kappa shape index (κ3) is 1.33. The third-order valence-electron chi connectivity index (χ3n) is 3.20. The molecule has 0 amide bonds. The fourth-order valence-electron chi connectivity index (χ4n) is 2.52. The van der Waals surface area contributed by atoms with Gasteiger partial charge in [-0.25, -0.2) is 0 Å². The Bertz CT molecular complexity index is 193. The van der Waals surface area contributed by atoms with E-state index in [2.05, 4.69) is 5.32 Å². The molecule has 12 heavy (non-hydrogen) atoms. The fraction of sp³-hybridized carbons (Fsp3) is 0.889. The van der Waals surface area contributed by atoms with Gasteiger partial charge in [0.05, 0.1) is 0 Å². The van der Waals surface area contributed by atoms with Gasteiger partial charge in [-0.1, -0.05) is 6.42 Å². The standard InChI is InChI=1S/C9H15NO2/c11-9(12)8-5-4-6-2-1-3-7(6)10-8/h6-8,10H,1-5H2,(H,11,12). The van der Waals surface area contributed by atoms with Gasteiger partial charge in [-0.3, -0.25) is 4.79 Å². The van der Waals surface area contributed by atoms with Crippen molar-refractivity contribution < 1.29 is 9.90 Å². The second-order valence-corrected chi connectivity index (χ2v) is 3.93. The van der Waals surface area contributed by atoms with Gasteiger partial charge in [0.2, 0.25) is 0 Å². The van der Waals surface area contributed by atoms with Crippen molar-refractivity contribution in [1.82, 2.24) is 5.32 Å². The number of fused-ring (bicyclic) bond motifs is 1.